The van der Waals surface area contributed by atoms with Crippen LogP contribution in [-0.2, 0) is 36.8 Å². The molecule has 3 amide bonds. The molecule has 9 heteroatoms. The first-order valence-electron chi connectivity index (χ1n) is 12.4. The molecule has 0 saturated heterocycles. The summed E-state index contributed by atoms with van der Waals surface area (Å²) >= 11 is 0. The summed E-state index contributed by atoms with van der Waals surface area (Å²) in [7, 11) is 1.22. The third-order valence-electron chi connectivity index (χ3n) is 5.74. The Bertz CT molecular complexity index is 1010. The van der Waals surface area contributed by atoms with E-state index in [0.29, 0.717) is 12.8 Å². The van der Waals surface area contributed by atoms with Gasteiger partial charge in [0.1, 0.15) is 18.1 Å². The number of hydrogen-bond donors (Lipinski definition) is 4. The minimum absolute atomic E-state index is 0.0907. The SMILES string of the molecule is COC(=O)[C@H](CC(C)C)NC(=O)[C@H](CO)NC(=O)[C@H](Cc1ccccc1)NC(=O)CCc1ccccc1. The smallest absolute Gasteiger partial charge is 0.328 e. The van der Waals surface area contributed by atoms with Gasteiger partial charge in [0.25, 0.3) is 0 Å². The van der Waals surface area contributed by atoms with E-state index in [4.69, 9.17) is 4.74 Å². The molecule has 200 valence electrons. The van der Waals surface area contributed by atoms with Crippen molar-refractivity contribution in [3.8, 4) is 0 Å². The lowest BCUT2D eigenvalue weighted by Gasteiger charge is -2.24. The second-order valence-corrected chi connectivity index (χ2v) is 9.25. The number of aliphatic hydroxyl groups excluding tert-OH is 1. The molecule has 37 heavy (non-hydrogen) atoms. The Morgan fingerprint density at radius 3 is 1.86 bits per heavy atom. The number of carbonyl (C=O) groups excluding carboxylic acids is 4. The third-order valence-corrected chi connectivity index (χ3v) is 5.74. The van der Waals surface area contributed by atoms with Crippen LogP contribution in [0.5, 0.6) is 0 Å². The van der Waals surface area contributed by atoms with Crippen molar-refractivity contribution in [1.82, 2.24) is 16.0 Å². The molecular weight excluding hydrogens is 474 g/mol. The molecule has 0 aromatic heterocycles. The minimum atomic E-state index is -1.31. The van der Waals surface area contributed by atoms with Crippen LogP contribution in [0.3, 0.4) is 0 Å². The van der Waals surface area contributed by atoms with Crippen molar-refractivity contribution in [3.05, 3.63) is 71.8 Å². The number of aryl methyl sites for hydroxylation is 1. The van der Waals surface area contributed by atoms with Gasteiger partial charge in [-0.05, 0) is 29.9 Å². The van der Waals surface area contributed by atoms with Crippen LogP contribution < -0.4 is 16.0 Å². The monoisotopic (exact) mass is 511 g/mol. The Hall–Kier alpha value is -3.72. The van der Waals surface area contributed by atoms with Crippen molar-refractivity contribution in [1.29, 1.82) is 0 Å². The number of benzene rings is 2. The van der Waals surface area contributed by atoms with Crippen LogP contribution in [0.2, 0.25) is 0 Å². The molecule has 3 atom stereocenters. The Morgan fingerprint density at radius 1 is 0.784 bits per heavy atom. The van der Waals surface area contributed by atoms with Gasteiger partial charge >= 0.3 is 5.97 Å². The number of nitrogens with one attached hydrogen (secondary N) is 3. The summed E-state index contributed by atoms with van der Waals surface area (Å²) in [5.41, 5.74) is 1.82. The molecule has 0 saturated carbocycles. The predicted octanol–water partition coefficient (Wildman–Crippen LogP) is 1.53. The van der Waals surface area contributed by atoms with Crippen molar-refractivity contribution in [3.63, 3.8) is 0 Å². The summed E-state index contributed by atoms with van der Waals surface area (Å²) in [6.07, 6.45) is 1.22. The Kier molecular flexibility index (Phi) is 12.3. The van der Waals surface area contributed by atoms with Crippen LogP contribution in [0.25, 0.3) is 0 Å². The summed E-state index contributed by atoms with van der Waals surface area (Å²) < 4.78 is 4.76. The van der Waals surface area contributed by atoms with Crippen LogP contribution in [0.15, 0.2) is 60.7 Å². The summed E-state index contributed by atoms with van der Waals surface area (Å²) in [5.74, 6) is -2.18. The van der Waals surface area contributed by atoms with E-state index in [1.54, 1.807) is 0 Å². The number of amides is 3. The molecular formula is C28H37N3O6. The molecule has 2 rings (SSSR count). The molecule has 0 fully saturated rings. The van der Waals surface area contributed by atoms with Crippen LogP contribution in [0, 0.1) is 5.92 Å². The number of hydrogen-bond acceptors (Lipinski definition) is 6. The molecule has 0 unspecified atom stereocenters. The number of rotatable bonds is 14. The molecule has 9 nitrogen and oxygen atoms in total. The van der Waals surface area contributed by atoms with Gasteiger partial charge in [0.15, 0.2) is 0 Å². The highest BCUT2D eigenvalue weighted by Crippen LogP contribution is 2.08. The fourth-order valence-electron chi connectivity index (χ4n) is 3.79. The Labute approximate surface area is 218 Å². The zero-order chi connectivity index (χ0) is 27.2. The number of methoxy groups -OCH3 is 1. The Balaban J connectivity index is 2.09. The molecule has 0 bridgehead atoms. The minimum Gasteiger partial charge on any atom is -0.467 e. The van der Waals surface area contributed by atoms with Gasteiger partial charge in [-0.1, -0.05) is 74.5 Å². The van der Waals surface area contributed by atoms with E-state index in [1.165, 1.54) is 7.11 Å². The van der Waals surface area contributed by atoms with Crippen LogP contribution in [-0.4, -0.2) is 60.6 Å². The van der Waals surface area contributed by atoms with Crippen molar-refractivity contribution in [2.24, 2.45) is 5.92 Å². The van der Waals surface area contributed by atoms with Crippen molar-refractivity contribution in [2.75, 3.05) is 13.7 Å². The first-order chi connectivity index (χ1) is 17.7. The fourth-order valence-corrected chi connectivity index (χ4v) is 3.79. The van der Waals surface area contributed by atoms with Gasteiger partial charge in [0.2, 0.25) is 17.7 Å². The van der Waals surface area contributed by atoms with Gasteiger partial charge < -0.3 is 25.8 Å². The molecule has 0 radical (unpaired) electrons. The summed E-state index contributed by atoms with van der Waals surface area (Å²) in [4.78, 5) is 50.8. The lowest BCUT2D eigenvalue weighted by Crippen LogP contribution is -2.57. The van der Waals surface area contributed by atoms with E-state index in [9.17, 15) is 24.3 Å². The van der Waals surface area contributed by atoms with E-state index in [0.717, 1.165) is 11.1 Å². The maximum absolute atomic E-state index is 13.2. The van der Waals surface area contributed by atoms with Crippen LogP contribution in [0.1, 0.15) is 37.8 Å². The highest BCUT2D eigenvalue weighted by Gasteiger charge is 2.30. The van der Waals surface area contributed by atoms with Gasteiger partial charge in [0, 0.05) is 12.8 Å². The van der Waals surface area contributed by atoms with E-state index >= 15 is 0 Å². The molecule has 0 aliphatic rings. The second kappa shape index (κ2) is 15.4. The third kappa shape index (κ3) is 10.4. The van der Waals surface area contributed by atoms with Gasteiger partial charge in [-0.3, -0.25) is 14.4 Å². The van der Waals surface area contributed by atoms with E-state index in [2.05, 4.69) is 16.0 Å². The quantitative estimate of drug-likeness (QED) is 0.284. The first kappa shape index (κ1) is 29.5. The molecule has 4 N–H and O–H groups in total. The highest BCUT2D eigenvalue weighted by atomic mass is 16.5. The van der Waals surface area contributed by atoms with E-state index in [-0.39, 0.29) is 24.7 Å². The summed E-state index contributed by atoms with van der Waals surface area (Å²) in [5, 5.41) is 17.6. The normalized spacial score (nSPS) is 13.2. The topological polar surface area (TPSA) is 134 Å². The van der Waals surface area contributed by atoms with Crippen LogP contribution >= 0.6 is 0 Å². The van der Waals surface area contributed by atoms with Gasteiger partial charge in [-0.2, -0.15) is 0 Å². The van der Waals surface area contributed by atoms with Crippen LogP contribution in [0.4, 0.5) is 0 Å². The highest BCUT2D eigenvalue weighted by molar-refractivity contribution is 5.93. The van der Waals surface area contributed by atoms with Crippen molar-refractivity contribution < 1.29 is 29.0 Å². The average molecular weight is 512 g/mol. The summed E-state index contributed by atoms with van der Waals surface area (Å²) in [6, 6.07) is 15.5. The molecule has 0 aliphatic carbocycles. The molecule has 0 heterocycles. The summed E-state index contributed by atoms with van der Waals surface area (Å²) in [6.45, 7) is 3.09. The maximum atomic E-state index is 13.2. The van der Waals surface area contributed by atoms with Crippen molar-refractivity contribution >= 4 is 23.7 Å². The van der Waals surface area contributed by atoms with Gasteiger partial charge in [-0.15, -0.1) is 0 Å². The maximum Gasteiger partial charge on any atom is 0.328 e. The largest absolute Gasteiger partial charge is 0.467 e. The van der Waals surface area contributed by atoms with E-state index < -0.39 is 42.5 Å². The number of ether oxygens (including phenoxy) is 1. The second-order valence-electron chi connectivity index (χ2n) is 9.25. The standard InChI is InChI=1S/C28H37N3O6/c1-19(2)16-23(28(36)37-3)30-27(35)24(18-32)31-26(34)22(17-21-12-8-5-9-13-21)29-25(33)15-14-20-10-6-4-7-11-20/h4-13,19,22-24,32H,14-18H2,1-3H3,(H,29,33)(H,30,35)(H,31,34)/t22-,23-,24-/m0/s1. The number of carbonyl (C=O) groups is 4. The zero-order valence-electron chi connectivity index (χ0n) is 21.6. The predicted molar refractivity (Wildman–Crippen MR) is 139 cm³/mol. The number of esters is 1. The molecule has 2 aromatic carbocycles. The molecule has 2 aromatic rings. The average Bonchev–Trinajstić information content (AvgIpc) is 2.90. The lowest BCUT2D eigenvalue weighted by atomic mass is 10.0. The first-order valence-corrected chi connectivity index (χ1v) is 12.4. The fraction of sp³-hybridized carbons (Fsp3) is 0.429. The Morgan fingerprint density at radius 2 is 1.32 bits per heavy atom. The van der Waals surface area contributed by atoms with Gasteiger partial charge in [-0.25, -0.2) is 4.79 Å². The van der Waals surface area contributed by atoms with Gasteiger partial charge in [0.05, 0.1) is 13.7 Å². The van der Waals surface area contributed by atoms with Crippen molar-refractivity contribution in [2.45, 2.75) is 57.7 Å². The van der Waals surface area contributed by atoms with E-state index in [1.807, 2.05) is 74.5 Å². The molecule has 0 spiro atoms. The number of aliphatic hydroxyl groups is 1. The zero-order valence-corrected chi connectivity index (χ0v) is 21.6. The molecule has 0 aliphatic heterocycles. The lowest BCUT2D eigenvalue weighted by molar-refractivity contribution is -0.146.